The van der Waals surface area contributed by atoms with E-state index in [1.807, 2.05) is 6.92 Å². The number of rotatable bonds is 8. The smallest absolute Gasteiger partial charge is 0.332 e. The molecular formula is C25H27ClN2O6. The van der Waals surface area contributed by atoms with Crippen LogP contribution in [0.3, 0.4) is 0 Å². The van der Waals surface area contributed by atoms with E-state index in [0.29, 0.717) is 45.3 Å². The summed E-state index contributed by atoms with van der Waals surface area (Å²) in [6.45, 7) is 2.03. The first-order chi connectivity index (χ1) is 16.4. The molecule has 0 unspecified atom stereocenters. The van der Waals surface area contributed by atoms with Gasteiger partial charge in [-0.05, 0) is 44.0 Å². The van der Waals surface area contributed by atoms with Crippen LogP contribution in [0, 0.1) is 0 Å². The Morgan fingerprint density at radius 1 is 1.03 bits per heavy atom. The van der Waals surface area contributed by atoms with Gasteiger partial charge in [-0.1, -0.05) is 24.4 Å². The van der Waals surface area contributed by atoms with E-state index in [9.17, 15) is 14.4 Å². The first-order valence-electron chi connectivity index (χ1n) is 11.3. The second-order valence-corrected chi connectivity index (χ2v) is 8.62. The molecule has 0 N–H and O–H groups in total. The van der Waals surface area contributed by atoms with Gasteiger partial charge in [0.1, 0.15) is 5.75 Å². The molecule has 1 aromatic heterocycles. The van der Waals surface area contributed by atoms with Gasteiger partial charge in [-0.3, -0.25) is 18.7 Å². The van der Waals surface area contributed by atoms with Crippen molar-refractivity contribution in [1.29, 1.82) is 0 Å². The van der Waals surface area contributed by atoms with E-state index in [1.54, 1.807) is 24.3 Å². The minimum absolute atomic E-state index is 0.196. The van der Waals surface area contributed by atoms with Crippen molar-refractivity contribution < 1.29 is 19.0 Å². The summed E-state index contributed by atoms with van der Waals surface area (Å²) in [5.74, 6) is 0.896. The molecule has 1 heterocycles. The topological polar surface area (TPSA) is 88.8 Å². The highest BCUT2D eigenvalue weighted by molar-refractivity contribution is 6.32. The summed E-state index contributed by atoms with van der Waals surface area (Å²) in [7, 11) is 2.95. The standard InChI is InChI=1S/C25H27ClN2O6/c1-4-34-21-10-9-15(11-18(21)26)20(29)14-27-19-13-23(33-3)22(32-2)12-17(19)24(30)28(25(27)31)16-7-5-6-8-16/h9-13,16H,4-8,14H2,1-3H3. The molecule has 0 aliphatic heterocycles. The van der Waals surface area contributed by atoms with Crippen molar-refractivity contribution in [1.82, 2.24) is 9.13 Å². The lowest BCUT2D eigenvalue weighted by Gasteiger charge is -2.19. The molecule has 0 atom stereocenters. The van der Waals surface area contributed by atoms with Gasteiger partial charge >= 0.3 is 5.69 Å². The van der Waals surface area contributed by atoms with Crippen LogP contribution in [0.15, 0.2) is 39.9 Å². The first-order valence-corrected chi connectivity index (χ1v) is 11.6. The lowest BCUT2D eigenvalue weighted by Crippen LogP contribution is -2.42. The fraction of sp³-hybridized carbons (Fsp3) is 0.400. The third-order valence-electron chi connectivity index (χ3n) is 6.22. The Bertz CT molecular complexity index is 1350. The average Bonchev–Trinajstić information content (AvgIpc) is 3.36. The third-order valence-corrected chi connectivity index (χ3v) is 6.52. The normalized spacial score (nSPS) is 13.9. The van der Waals surface area contributed by atoms with Crippen LogP contribution >= 0.6 is 11.6 Å². The molecule has 1 fully saturated rings. The van der Waals surface area contributed by atoms with Crippen molar-refractivity contribution in [2.45, 2.75) is 45.2 Å². The molecule has 1 saturated carbocycles. The van der Waals surface area contributed by atoms with Gasteiger partial charge in [-0.2, -0.15) is 0 Å². The van der Waals surface area contributed by atoms with Crippen molar-refractivity contribution >= 4 is 28.3 Å². The van der Waals surface area contributed by atoms with Crippen LogP contribution < -0.4 is 25.5 Å². The second-order valence-electron chi connectivity index (χ2n) is 8.21. The summed E-state index contributed by atoms with van der Waals surface area (Å²) in [4.78, 5) is 40.2. The van der Waals surface area contributed by atoms with Crippen molar-refractivity contribution in [2.75, 3.05) is 20.8 Å². The van der Waals surface area contributed by atoms with Crippen LogP contribution in [0.25, 0.3) is 10.9 Å². The highest BCUT2D eigenvalue weighted by atomic mass is 35.5. The number of halogens is 1. The number of methoxy groups -OCH3 is 2. The number of ether oxygens (including phenoxy) is 3. The fourth-order valence-corrected chi connectivity index (χ4v) is 4.77. The number of hydrogen-bond donors (Lipinski definition) is 0. The zero-order valence-electron chi connectivity index (χ0n) is 19.4. The molecule has 34 heavy (non-hydrogen) atoms. The van der Waals surface area contributed by atoms with E-state index in [4.69, 9.17) is 25.8 Å². The second kappa shape index (κ2) is 9.93. The maximum Gasteiger partial charge on any atom is 0.332 e. The average molecular weight is 487 g/mol. The molecule has 2 aromatic carbocycles. The van der Waals surface area contributed by atoms with Gasteiger partial charge in [0.15, 0.2) is 17.3 Å². The summed E-state index contributed by atoms with van der Waals surface area (Å²) in [5, 5.41) is 0.605. The number of hydrogen-bond acceptors (Lipinski definition) is 6. The van der Waals surface area contributed by atoms with Crippen LogP contribution in [0.4, 0.5) is 0 Å². The Morgan fingerprint density at radius 3 is 2.32 bits per heavy atom. The van der Waals surface area contributed by atoms with Gasteiger partial charge < -0.3 is 14.2 Å². The van der Waals surface area contributed by atoms with Crippen LogP contribution in [0.1, 0.15) is 49.0 Å². The minimum Gasteiger partial charge on any atom is -0.493 e. The highest BCUT2D eigenvalue weighted by Gasteiger charge is 2.25. The Kier molecular flexibility index (Phi) is 6.97. The monoisotopic (exact) mass is 486 g/mol. The van der Waals surface area contributed by atoms with E-state index in [1.165, 1.54) is 29.4 Å². The molecule has 180 valence electrons. The Hall–Kier alpha value is -3.26. The summed E-state index contributed by atoms with van der Waals surface area (Å²) >= 11 is 6.26. The number of benzene rings is 2. The van der Waals surface area contributed by atoms with Gasteiger partial charge in [0.25, 0.3) is 5.56 Å². The molecule has 3 aromatic rings. The molecule has 1 aliphatic carbocycles. The van der Waals surface area contributed by atoms with Crippen LogP contribution in [0.2, 0.25) is 5.02 Å². The van der Waals surface area contributed by atoms with Gasteiger partial charge in [0.05, 0.1) is 43.3 Å². The zero-order valence-corrected chi connectivity index (χ0v) is 20.2. The Morgan fingerprint density at radius 2 is 1.71 bits per heavy atom. The van der Waals surface area contributed by atoms with E-state index >= 15 is 0 Å². The SMILES string of the molecule is CCOc1ccc(C(=O)Cn2c(=O)n(C3CCCC3)c(=O)c3cc(OC)c(OC)cc32)cc1Cl. The van der Waals surface area contributed by atoms with Crippen LogP contribution in [-0.4, -0.2) is 35.7 Å². The predicted octanol–water partition coefficient (Wildman–Crippen LogP) is 4.23. The quantitative estimate of drug-likeness (QED) is 0.443. The predicted molar refractivity (Wildman–Crippen MR) is 130 cm³/mol. The maximum atomic E-state index is 13.6. The van der Waals surface area contributed by atoms with E-state index in [-0.39, 0.29) is 23.9 Å². The molecule has 0 bridgehead atoms. The molecule has 8 nitrogen and oxygen atoms in total. The molecule has 0 saturated heterocycles. The van der Waals surface area contributed by atoms with Crippen LogP contribution in [-0.2, 0) is 6.54 Å². The van der Waals surface area contributed by atoms with E-state index < -0.39 is 5.69 Å². The molecule has 1 aliphatic rings. The largest absolute Gasteiger partial charge is 0.493 e. The van der Waals surface area contributed by atoms with Crippen molar-refractivity contribution in [3.05, 3.63) is 61.8 Å². The summed E-state index contributed by atoms with van der Waals surface area (Å²) in [5.41, 5.74) is -0.248. The van der Waals surface area contributed by atoms with E-state index in [0.717, 1.165) is 25.7 Å². The lowest BCUT2D eigenvalue weighted by molar-refractivity contribution is 0.0971. The van der Waals surface area contributed by atoms with Crippen molar-refractivity contribution in [3.63, 3.8) is 0 Å². The summed E-state index contributed by atoms with van der Waals surface area (Å²) in [6, 6.07) is 7.71. The van der Waals surface area contributed by atoms with Crippen molar-refractivity contribution in [2.24, 2.45) is 0 Å². The van der Waals surface area contributed by atoms with E-state index in [2.05, 4.69) is 0 Å². The Labute approximate surface area is 201 Å². The van der Waals surface area contributed by atoms with Gasteiger partial charge in [0.2, 0.25) is 0 Å². The lowest BCUT2D eigenvalue weighted by atomic mass is 10.1. The zero-order chi connectivity index (χ0) is 24.4. The minimum atomic E-state index is -0.512. The maximum absolute atomic E-state index is 13.6. The molecule has 4 rings (SSSR count). The van der Waals surface area contributed by atoms with Gasteiger partial charge in [-0.15, -0.1) is 0 Å². The van der Waals surface area contributed by atoms with Crippen LogP contribution in [0.5, 0.6) is 17.2 Å². The molecule has 0 amide bonds. The molecule has 0 radical (unpaired) electrons. The number of Topliss-reactive ketones (excluding diaryl/α,β-unsaturated/α-hetero) is 1. The number of aromatic nitrogens is 2. The first kappa shape index (κ1) is 23.9. The molecule has 9 heteroatoms. The number of nitrogens with zero attached hydrogens (tertiary/aromatic N) is 2. The van der Waals surface area contributed by atoms with Crippen molar-refractivity contribution in [3.8, 4) is 17.2 Å². The molecule has 0 spiro atoms. The number of ketones is 1. The molecular weight excluding hydrogens is 460 g/mol. The van der Waals surface area contributed by atoms with Gasteiger partial charge in [0, 0.05) is 17.7 Å². The van der Waals surface area contributed by atoms with Gasteiger partial charge in [-0.25, -0.2) is 4.79 Å². The third kappa shape index (κ3) is 4.30. The number of carbonyl (C=O) groups is 1. The highest BCUT2D eigenvalue weighted by Crippen LogP contribution is 2.32. The fourth-order valence-electron chi connectivity index (χ4n) is 4.53. The summed E-state index contributed by atoms with van der Waals surface area (Å²) in [6.07, 6.45) is 3.39. The Balaban J connectivity index is 1.88. The summed E-state index contributed by atoms with van der Waals surface area (Å²) < 4.78 is 18.8. The number of carbonyl (C=O) groups excluding carboxylic acids is 1. The number of fused-ring (bicyclic) bond motifs is 1.